The third-order valence-electron chi connectivity index (χ3n) is 6.67. The molecule has 0 fully saturated rings. The Balaban J connectivity index is 0.00000140. The molecule has 28 heavy (non-hydrogen) atoms. The van der Waals surface area contributed by atoms with Crippen molar-refractivity contribution in [3.05, 3.63) is 75.9 Å². The molecule has 2 aliphatic rings. The second-order valence-corrected chi connectivity index (χ2v) is 12.4. The summed E-state index contributed by atoms with van der Waals surface area (Å²) in [7, 11) is 0. The number of hydrogen-bond acceptors (Lipinski definition) is 0. The van der Waals surface area contributed by atoms with Crippen LogP contribution in [0.15, 0.2) is 64.8 Å². The van der Waals surface area contributed by atoms with Crippen LogP contribution in [0.5, 0.6) is 0 Å². The molecule has 0 saturated carbocycles. The van der Waals surface area contributed by atoms with Gasteiger partial charge in [-0.3, -0.25) is 0 Å². The second kappa shape index (κ2) is 9.03. The molecule has 0 aliphatic heterocycles. The van der Waals surface area contributed by atoms with E-state index in [1.165, 1.54) is 29.5 Å². The summed E-state index contributed by atoms with van der Waals surface area (Å²) in [6.45, 7) is 12.0. The van der Waals surface area contributed by atoms with E-state index >= 15 is 0 Å². The van der Waals surface area contributed by atoms with E-state index in [1.807, 2.05) is 0 Å². The first kappa shape index (κ1) is 23.7. The number of hydrogen-bond donors (Lipinski definition) is 0. The summed E-state index contributed by atoms with van der Waals surface area (Å²) in [4.78, 5) is 0. The number of halogens is 2. The molecule has 0 saturated heterocycles. The van der Waals surface area contributed by atoms with E-state index in [-0.39, 0.29) is 24.8 Å². The van der Waals surface area contributed by atoms with Crippen LogP contribution in [0, 0.1) is 0 Å². The number of benzene rings is 2. The van der Waals surface area contributed by atoms with Crippen LogP contribution in [0.1, 0.15) is 58.6 Å². The molecule has 4 rings (SSSR count). The van der Waals surface area contributed by atoms with Crippen LogP contribution in [0.2, 0.25) is 3.12 Å². The van der Waals surface area contributed by atoms with Gasteiger partial charge in [0.1, 0.15) is 0 Å². The summed E-state index contributed by atoms with van der Waals surface area (Å²) in [5.41, 5.74) is 12.6. The molecule has 0 N–H and O–H groups in total. The fraction of sp³-hybridized carbons (Fsp3) is 0.360. The average molecular weight is 491 g/mol. The zero-order valence-corrected chi connectivity index (χ0v) is 21.4. The van der Waals surface area contributed by atoms with E-state index in [9.17, 15) is 0 Å². The normalized spacial score (nSPS) is 19.6. The summed E-state index contributed by atoms with van der Waals surface area (Å²) in [6.07, 6.45) is 3.64. The van der Waals surface area contributed by atoms with E-state index in [1.54, 1.807) is 31.1 Å². The Bertz CT molecular complexity index is 955. The predicted octanol–water partition coefficient (Wildman–Crippen LogP) is 0.619. The smallest absolute Gasteiger partial charge is 1.00 e. The zero-order chi connectivity index (χ0) is 18.5. The Morgan fingerprint density at radius 2 is 1.57 bits per heavy atom. The quantitative estimate of drug-likeness (QED) is 0.503. The van der Waals surface area contributed by atoms with Crippen LogP contribution in [-0.4, -0.2) is 0 Å². The minimum Gasteiger partial charge on any atom is -1.00 e. The minimum absolute atomic E-state index is 0. The zero-order valence-electron chi connectivity index (χ0n) is 17.4. The first-order chi connectivity index (χ1) is 12.5. The van der Waals surface area contributed by atoms with Crippen molar-refractivity contribution in [1.82, 2.24) is 0 Å². The van der Waals surface area contributed by atoms with Gasteiger partial charge in [-0.05, 0) is 0 Å². The molecule has 2 aromatic carbocycles. The van der Waals surface area contributed by atoms with Gasteiger partial charge in [-0.25, -0.2) is 0 Å². The maximum Gasteiger partial charge on any atom is -1.00 e. The molecule has 2 aromatic rings. The Kier molecular flexibility index (Phi) is 7.63. The van der Waals surface area contributed by atoms with E-state index in [4.69, 9.17) is 0 Å². The van der Waals surface area contributed by atoms with Gasteiger partial charge in [0.15, 0.2) is 0 Å². The van der Waals surface area contributed by atoms with Crippen molar-refractivity contribution < 1.29 is 48.0 Å². The number of allylic oxidation sites excluding steroid dienone is 4. The average Bonchev–Trinajstić information content (AvgIpc) is 3.10. The molecule has 1 atom stereocenters. The fourth-order valence-corrected chi connectivity index (χ4v) is 9.63. The van der Waals surface area contributed by atoms with Crippen molar-refractivity contribution in [3.8, 4) is 11.1 Å². The van der Waals surface area contributed by atoms with Crippen LogP contribution < -0.4 is 28.1 Å². The van der Waals surface area contributed by atoms with E-state index in [0.717, 1.165) is 6.42 Å². The van der Waals surface area contributed by atoms with Crippen molar-refractivity contribution in [1.29, 1.82) is 0 Å². The van der Waals surface area contributed by atoms with Crippen molar-refractivity contribution in [2.75, 3.05) is 0 Å². The van der Waals surface area contributed by atoms with Gasteiger partial charge >= 0.3 is 171 Å². The van der Waals surface area contributed by atoms with Gasteiger partial charge in [0, 0.05) is 0 Å². The second-order valence-electron chi connectivity index (χ2n) is 8.02. The summed E-state index contributed by atoms with van der Waals surface area (Å²) < 4.78 is 2.05. The molecule has 3 heteroatoms. The largest absolute Gasteiger partial charge is 1.00 e. The van der Waals surface area contributed by atoms with Crippen LogP contribution in [-0.2, 0) is 29.7 Å². The first-order valence-corrected chi connectivity index (χ1v) is 12.3. The third-order valence-corrected chi connectivity index (χ3v) is 11.4. The molecule has 0 radical (unpaired) electrons. The monoisotopic (exact) mass is 488 g/mol. The van der Waals surface area contributed by atoms with Crippen molar-refractivity contribution in [2.45, 2.75) is 57.0 Å². The number of rotatable bonds is 4. The van der Waals surface area contributed by atoms with Crippen molar-refractivity contribution in [3.63, 3.8) is 0 Å². The Hall–Kier alpha value is -0.617. The third kappa shape index (κ3) is 3.64. The van der Waals surface area contributed by atoms with Crippen molar-refractivity contribution >= 4 is 3.27 Å². The van der Waals surface area contributed by atoms with Crippen LogP contribution in [0.3, 0.4) is 0 Å². The Labute approximate surface area is 194 Å². The van der Waals surface area contributed by atoms with Crippen LogP contribution in [0.25, 0.3) is 11.1 Å². The van der Waals surface area contributed by atoms with Crippen LogP contribution >= 0.6 is 0 Å². The minimum atomic E-state index is -0.818. The van der Waals surface area contributed by atoms with Gasteiger partial charge in [0.25, 0.3) is 0 Å². The molecular formula is C25H28Cl2Zr. The van der Waals surface area contributed by atoms with Gasteiger partial charge in [-0.15, -0.1) is 0 Å². The molecule has 1 unspecified atom stereocenters. The molecule has 146 valence electrons. The molecule has 0 amide bonds. The van der Waals surface area contributed by atoms with Gasteiger partial charge in [0.05, 0.1) is 0 Å². The van der Waals surface area contributed by atoms with E-state index < -0.39 is 23.2 Å². The summed E-state index contributed by atoms with van der Waals surface area (Å²) in [5.74, 6) is 0. The summed E-state index contributed by atoms with van der Waals surface area (Å²) >= 11 is -0.818. The molecule has 0 nitrogen and oxygen atoms in total. The number of fused-ring (bicyclic) bond motifs is 3. The molecule has 0 spiro atoms. The van der Waals surface area contributed by atoms with Gasteiger partial charge < -0.3 is 24.8 Å². The predicted molar refractivity (Wildman–Crippen MR) is 109 cm³/mol. The summed E-state index contributed by atoms with van der Waals surface area (Å²) in [5, 5.41) is 0. The van der Waals surface area contributed by atoms with Gasteiger partial charge in [-0.1, -0.05) is 0 Å². The molecule has 2 aliphatic carbocycles. The Morgan fingerprint density at radius 3 is 2.29 bits per heavy atom. The Morgan fingerprint density at radius 1 is 0.893 bits per heavy atom. The van der Waals surface area contributed by atoms with E-state index in [0.29, 0.717) is 3.12 Å². The molecule has 0 bridgehead atoms. The van der Waals surface area contributed by atoms with Gasteiger partial charge in [0.2, 0.25) is 0 Å². The molecular weight excluding hydrogens is 462 g/mol. The molecule has 0 heterocycles. The standard InChI is InChI=1S/C13H9.C12H19.2ClH.Zr/c1-3-7-12-10(5-1)9-11-6-2-4-8-13(11)12;1-6-7-12-10(4)8(2)9(3)11(12)5;;;/h1-5,7-8H,9H2;6-7H2,1-5H3;2*1H;/q;;;;+2/p-2. The van der Waals surface area contributed by atoms with Gasteiger partial charge in [-0.2, -0.15) is 0 Å². The fourth-order valence-electron chi connectivity index (χ4n) is 4.88. The van der Waals surface area contributed by atoms with Crippen molar-refractivity contribution in [2.24, 2.45) is 0 Å². The first-order valence-electron chi connectivity index (χ1n) is 9.84. The topological polar surface area (TPSA) is 0 Å². The molecule has 0 aromatic heterocycles. The van der Waals surface area contributed by atoms with E-state index in [2.05, 4.69) is 77.1 Å². The summed E-state index contributed by atoms with van der Waals surface area (Å²) in [6, 6.07) is 16.1. The van der Waals surface area contributed by atoms with Crippen LogP contribution in [0.4, 0.5) is 0 Å². The SMILES string of the molecule is CCCC1=C(C)C(C)=C(C)[C]1(C)[Zr+2][c]1cccc2c1Cc1ccccc1-2.[Cl-].[Cl-]. The maximum atomic E-state index is 2.56. The maximum absolute atomic E-state index is 2.56.